The number of primary amides is 1. The zero-order valence-corrected chi connectivity index (χ0v) is 10.5. The van der Waals surface area contributed by atoms with Crippen molar-refractivity contribution in [2.45, 2.75) is 12.5 Å². The standard InChI is InChI=1S/C11H16N4OS/c1-15(7-4-5-17-6-7)11-8(12)2-3-9(14-11)10(13)16/h2-3,7H,4-6,12H2,1H3,(H2,13,16). The molecule has 2 rings (SSSR count). The molecular weight excluding hydrogens is 236 g/mol. The number of pyridine rings is 1. The summed E-state index contributed by atoms with van der Waals surface area (Å²) >= 11 is 1.92. The van der Waals surface area contributed by atoms with Gasteiger partial charge >= 0.3 is 0 Å². The van der Waals surface area contributed by atoms with Crippen LogP contribution in [-0.4, -0.2) is 35.5 Å². The zero-order chi connectivity index (χ0) is 12.4. The van der Waals surface area contributed by atoms with Crippen LogP contribution >= 0.6 is 11.8 Å². The van der Waals surface area contributed by atoms with Gasteiger partial charge in [-0.3, -0.25) is 4.79 Å². The molecule has 0 aromatic carbocycles. The van der Waals surface area contributed by atoms with Crippen LogP contribution in [0.3, 0.4) is 0 Å². The van der Waals surface area contributed by atoms with Crippen LogP contribution in [0.2, 0.25) is 0 Å². The molecule has 92 valence electrons. The minimum Gasteiger partial charge on any atom is -0.396 e. The Kier molecular flexibility index (Phi) is 3.42. The number of amides is 1. The van der Waals surface area contributed by atoms with Crippen molar-refractivity contribution in [3.63, 3.8) is 0 Å². The van der Waals surface area contributed by atoms with E-state index in [9.17, 15) is 4.79 Å². The molecule has 4 N–H and O–H groups in total. The lowest BCUT2D eigenvalue weighted by atomic mass is 10.2. The maximum atomic E-state index is 11.1. The molecule has 1 fully saturated rings. The van der Waals surface area contributed by atoms with Crippen molar-refractivity contribution in [3.05, 3.63) is 17.8 Å². The van der Waals surface area contributed by atoms with Crippen LogP contribution in [-0.2, 0) is 0 Å². The van der Waals surface area contributed by atoms with Gasteiger partial charge in [-0.15, -0.1) is 0 Å². The topological polar surface area (TPSA) is 85.2 Å². The molecule has 5 nitrogen and oxygen atoms in total. The van der Waals surface area contributed by atoms with E-state index < -0.39 is 5.91 Å². The van der Waals surface area contributed by atoms with Crippen LogP contribution in [0.25, 0.3) is 0 Å². The molecule has 0 saturated carbocycles. The van der Waals surface area contributed by atoms with Crippen molar-refractivity contribution < 1.29 is 4.79 Å². The largest absolute Gasteiger partial charge is 0.396 e. The molecule has 1 saturated heterocycles. The van der Waals surface area contributed by atoms with Gasteiger partial charge in [0.05, 0.1) is 5.69 Å². The number of thioether (sulfide) groups is 1. The van der Waals surface area contributed by atoms with Gasteiger partial charge in [0.1, 0.15) is 5.69 Å². The van der Waals surface area contributed by atoms with Crippen molar-refractivity contribution in [1.82, 2.24) is 4.98 Å². The molecule has 1 aromatic heterocycles. The van der Waals surface area contributed by atoms with Gasteiger partial charge in [-0.1, -0.05) is 0 Å². The van der Waals surface area contributed by atoms with Crippen molar-refractivity contribution >= 4 is 29.2 Å². The van der Waals surface area contributed by atoms with Crippen LogP contribution in [0.15, 0.2) is 12.1 Å². The summed E-state index contributed by atoms with van der Waals surface area (Å²) in [7, 11) is 1.96. The highest BCUT2D eigenvalue weighted by molar-refractivity contribution is 7.99. The van der Waals surface area contributed by atoms with Crippen LogP contribution in [0.5, 0.6) is 0 Å². The first kappa shape index (κ1) is 12.0. The quantitative estimate of drug-likeness (QED) is 0.827. The van der Waals surface area contributed by atoms with Gasteiger partial charge in [0.25, 0.3) is 5.91 Å². The van der Waals surface area contributed by atoms with Crippen molar-refractivity contribution in [2.75, 3.05) is 29.2 Å². The van der Waals surface area contributed by atoms with E-state index in [1.807, 2.05) is 23.7 Å². The fourth-order valence-electron chi connectivity index (χ4n) is 1.88. The second-order valence-electron chi connectivity index (χ2n) is 4.10. The van der Waals surface area contributed by atoms with Gasteiger partial charge in [-0.2, -0.15) is 11.8 Å². The number of carbonyl (C=O) groups is 1. The van der Waals surface area contributed by atoms with Gasteiger partial charge in [-0.05, 0) is 24.3 Å². The molecular formula is C11H16N4OS. The summed E-state index contributed by atoms with van der Waals surface area (Å²) in [6.45, 7) is 0. The number of nitrogen functional groups attached to an aromatic ring is 1. The summed E-state index contributed by atoms with van der Waals surface area (Å²) in [6, 6.07) is 3.66. The van der Waals surface area contributed by atoms with E-state index in [2.05, 4.69) is 4.98 Å². The lowest BCUT2D eigenvalue weighted by molar-refractivity contribution is 0.0995. The molecule has 17 heavy (non-hydrogen) atoms. The number of nitrogens with zero attached hydrogens (tertiary/aromatic N) is 2. The van der Waals surface area contributed by atoms with Gasteiger partial charge in [0.2, 0.25) is 0 Å². The smallest absolute Gasteiger partial charge is 0.267 e. The number of rotatable bonds is 3. The number of hydrogen-bond acceptors (Lipinski definition) is 5. The third kappa shape index (κ3) is 2.46. The predicted octanol–water partition coefficient (Wildman–Crippen LogP) is 0.704. The normalized spacial score (nSPS) is 19.2. The van der Waals surface area contributed by atoms with Gasteiger partial charge in [0.15, 0.2) is 5.82 Å². The van der Waals surface area contributed by atoms with Gasteiger partial charge in [0, 0.05) is 18.8 Å². The molecule has 1 aliphatic heterocycles. The number of aromatic nitrogens is 1. The second-order valence-corrected chi connectivity index (χ2v) is 5.25. The summed E-state index contributed by atoms with van der Waals surface area (Å²) in [4.78, 5) is 17.4. The third-order valence-electron chi connectivity index (χ3n) is 2.95. The molecule has 1 atom stereocenters. The van der Waals surface area contributed by atoms with Crippen molar-refractivity contribution in [3.8, 4) is 0 Å². The fraction of sp³-hybridized carbons (Fsp3) is 0.455. The molecule has 0 bridgehead atoms. The SMILES string of the molecule is CN(c1nc(C(N)=O)ccc1N)C1CCSC1. The number of nitrogens with two attached hydrogens (primary N) is 2. The summed E-state index contributed by atoms with van der Waals surface area (Å²) in [5.74, 6) is 2.34. The van der Waals surface area contributed by atoms with E-state index in [4.69, 9.17) is 11.5 Å². The number of hydrogen-bond donors (Lipinski definition) is 2. The van der Waals surface area contributed by atoms with E-state index in [0.29, 0.717) is 17.5 Å². The Bertz CT molecular complexity index is 431. The summed E-state index contributed by atoms with van der Waals surface area (Å²) in [6.07, 6.45) is 1.11. The van der Waals surface area contributed by atoms with E-state index >= 15 is 0 Å². The first-order valence-corrected chi connectivity index (χ1v) is 6.62. The lowest BCUT2D eigenvalue weighted by Gasteiger charge is -2.26. The molecule has 2 heterocycles. The summed E-state index contributed by atoms with van der Waals surface area (Å²) in [5.41, 5.74) is 12.0. The molecule has 0 aliphatic carbocycles. The Morgan fingerprint density at radius 2 is 2.35 bits per heavy atom. The first-order valence-electron chi connectivity index (χ1n) is 5.46. The van der Waals surface area contributed by atoms with E-state index in [0.717, 1.165) is 17.9 Å². The average Bonchev–Trinajstić information content (AvgIpc) is 2.81. The fourth-order valence-corrected chi connectivity index (χ4v) is 3.15. The molecule has 0 spiro atoms. The summed E-state index contributed by atoms with van der Waals surface area (Å²) in [5, 5.41) is 0. The molecule has 1 aliphatic rings. The molecule has 1 unspecified atom stereocenters. The highest BCUT2D eigenvalue weighted by Crippen LogP contribution is 2.28. The van der Waals surface area contributed by atoms with Crippen LogP contribution in [0.4, 0.5) is 11.5 Å². The minimum absolute atomic E-state index is 0.256. The molecule has 0 radical (unpaired) electrons. The Balaban J connectivity index is 2.29. The molecule has 1 aromatic rings. The lowest BCUT2D eigenvalue weighted by Crippen LogP contribution is -2.33. The Labute approximate surface area is 105 Å². The van der Waals surface area contributed by atoms with Gasteiger partial charge < -0.3 is 16.4 Å². The second kappa shape index (κ2) is 4.83. The number of carbonyl (C=O) groups excluding carboxylic acids is 1. The third-order valence-corrected chi connectivity index (χ3v) is 4.09. The molecule has 6 heteroatoms. The van der Waals surface area contributed by atoms with Crippen molar-refractivity contribution in [2.24, 2.45) is 5.73 Å². The van der Waals surface area contributed by atoms with Gasteiger partial charge in [-0.25, -0.2) is 4.98 Å². The Hall–Kier alpha value is -1.43. The highest BCUT2D eigenvalue weighted by atomic mass is 32.2. The monoisotopic (exact) mass is 252 g/mol. The number of anilines is 2. The summed E-state index contributed by atoms with van der Waals surface area (Å²) < 4.78 is 0. The van der Waals surface area contributed by atoms with Crippen molar-refractivity contribution in [1.29, 1.82) is 0 Å². The van der Waals surface area contributed by atoms with Crippen LogP contribution in [0, 0.1) is 0 Å². The zero-order valence-electron chi connectivity index (χ0n) is 9.72. The first-order chi connectivity index (χ1) is 8.09. The minimum atomic E-state index is -0.527. The van der Waals surface area contributed by atoms with Crippen LogP contribution in [0.1, 0.15) is 16.9 Å². The molecule has 1 amide bonds. The highest BCUT2D eigenvalue weighted by Gasteiger charge is 2.23. The van der Waals surface area contributed by atoms with E-state index in [1.165, 1.54) is 0 Å². The average molecular weight is 252 g/mol. The Morgan fingerprint density at radius 3 is 2.94 bits per heavy atom. The van der Waals surface area contributed by atoms with E-state index in [1.54, 1.807) is 12.1 Å². The van der Waals surface area contributed by atoms with E-state index in [-0.39, 0.29) is 5.69 Å². The van der Waals surface area contributed by atoms with Crippen LogP contribution < -0.4 is 16.4 Å². The maximum absolute atomic E-state index is 11.1. The predicted molar refractivity (Wildman–Crippen MR) is 71.3 cm³/mol. The Morgan fingerprint density at radius 1 is 1.59 bits per heavy atom. The maximum Gasteiger partial charge on any atom is 0.267 e.